The van der Waals surface area contributed by atoms with E-state index < -0.39 is 18.4 Å². The third-order valence-electron chi connectivity index (χ3n) is 8.13. The number of fused-ring (bicyclic) bond motifs is 1. The van der Waals surface area contributed by atoms with Gasteiger partial charge in [-0.3, -0.25) is 14.4 Å². The number of rotatable bonds is 6. The minimum absolute atomic E-state index is 0.0540. The number of carbonyl (C=O) groups is 3. The molecular weight excluding hydrogens is 432 g/mol. The molecule has 4 aliphatic carbocycles. The molecule has 5 aliphatic rings. The summed E-state index contributed by atoms with van der Waals surface area (Å²) in [6.45, 7) is -0.811. The second-order valence-corrected chi connectivity index (χ2v) is 10.4. The smallest absolute Gasteiger partial charge is 0.325 e. The zero-order valence-electron chi connectivity index (χ0n) is 19.7. The molecule has 1 aromatic carbocycles. The van der Waals surface area contributed by atoms with Crippen LogP contribution in [0.4, 0.5) is 11.4 Å². The Kier molecular flexibility index (Phi) is 5.59. The summed E-state index contributed by atoms with van der Waals surface area (Å²) < 4.78 is 5.14. The first-order valence-electron chi connectivity index (χ1n) is 12.0. The number of hydrogen-bond acceptors (Lipinski definition) is 7. The number of nitrogens with zero attached hydrogens (tertiary/aromatic N) is 3. The maximum atomic E-state index is 13.0. The number of ketones is 1. The molecular formula is C26H30N4O4. The van der Waals surface area contributed by atoms with Crippen molar-refractivity contribution in [2.24, 2.45) is 23.2 Å². The summed E-state index contributed by atoms with van der Waals surface area (Å²) in [7, 11) is 3.57. The van der Waals surface area contributed by atoms with E-state index in [1.807, 2.05) is 30.3 Å². The molecule has 0 aromatic heterocycles. The normalized spacial score (nSPS) is 28.4. The summed E-state index contributed by atoms with van der Waals surface area (Å²) in [5, 5.41) is 12.5. The van der Waals surface area contributed by atoms with Gasteiger partial charge in [-0.15, -0.1) is 0 Å². The van der Waals surface area contributed by atoms with E-state index in [4.69, 9.17) is 4.74 Å². The molecule has 1 amide bonds. The number of para-hydroxylation sites is 2. The molecule has 6 rings (SSSR count). The van der Waals surface area contributed by atoms with E-state index in [2.05, 4.69) is 5.32 Å². The summed E-state index contributed by atoms with van der Waals surface area (Å²) in [4.78, 5) is 41.6. The highest BCUT2D eigenvalue weighted by Gasteiger charge is 2.54. The fourth-order valence-corrected chi connectivity index (χ4v) is 7.05. The molecule has 8 nitrogen and oxygen atoms in total. The molecule has 178 valence electrons. The number of hydrogen-bond donors (Lipinski definition) is 1. The van der Waals surface area contributed by atoms with E-state index in [9.17, 15) is 19.6 Å². The number of Topliss-reactive ketones (excluding diaryl/α,β-unsaturated/α-hetero) is 1. The fourth-order valence-electron chi connectivity index (χ4n) is 7.05. The molecule has 1 aliphatic heterocycles. The molecule has 4 bridgehead atoms. The Hall–Kier alpha value is -3.34. The quantitative estimate of drug-likeness (QED) is 0.394. The van der Waals surface area contributed by atoms with Gasteiger partial charge in [0.25, 0.3) is 0 Å². The third-order valence-corrected chi connectivity index (χ3v) is 8.13. The third kappa shape index (κ3) is 3.73. The molecule has 0 atom stereocenters. The molecule has 4 saturated carbocycles. The standard InChI is InChI=1S/C26H30N4O4/c1-29-20-5-3-4-6-21(20)30(2)24(29)19(13-27)22(31)15-34-23(32)14-28-25(33)26-10-16-7-17(11-26)9-18(8-16)12-26/h3-6,16-18H,7-12,14-15H2,1-2H3,(H,28,33). The monoisotopic (exact) mass is 462 g/mol. The average molecular weight is 463 g/mol. The zero-order valence-corrected chi connectivity index (χ0v) is 19.7. The largest absolute Gasteiger partial charge is 0.456 e. The lowest BCUT2D eigenvalue weighted by atomic mass is 9.49. The molecule has 1 aromatic rings. The number of amides is 1. The molecule has 8 heteroatoms. The Labute approximate surface area is 199 Å². The summed E-state index contributed by atoms with van der Waals surface area (Å²) in [6, 6.07) is 9.57. The van der Waals surface area contributed by atoms with Gasteiger partial charge in [0.2, 0.25) is 11.7 Å². The number of nitriles is 1. The van der Waals surface area contributed by atoms with Gasteiger partial charge in [-0.1, -0.05) is 12.1 Å². The highest BCUT2D eigenvalue weighted by atomic mass is 16.5. The zero-order chi connectivity index (χ0) is 24.0. The lowest BCUT2D eigenvalue weighted by Gasteiger charge is -2.55. The van der Waals surface area contributed by atoms with E-state index >= 15 is 0 Å². The number of benzene rings is 1. The molecule has 34 heavy (non-hydrogen) atoms. The fraction of sp³-hybridized carbons (Fsp3) is 0.538. The van der Waals surface area contributed by atoms with Crippen molar-refractivity contribution in [1.29, 1.82) is 5.26 Å². The van der Waals surface area contributed by atoms with E-state index in [1.54, 1.807) is 23.9 Å². The van der Waals surface area contributed by atoms with Crippen molar-refractivity contribution in [1.82, 2.24) is 5.32 Å². The summed E-state index contributed by atoms with van der Waals surface area (Å²) in [5.74, 6) is 1.04. The Morgan fingerprint density at radius 3 is 2.06 bits per heavy atom. The SMILES string of the molecule is CN1C(=C(C#N)C(=O)COC(=O)CNC(=O)C23CC4CC(CC(C4)C2)C3)N(C)c2ccccc21. The van der Waals surface area contributed by atoms with Crippen molar-refractivity contribution in [2.45, 2.75) is 38.5 Å². The highest BCUT2D eigenvalue weighted by molar-refractivity contribution is 6.04. The van der Waals surface area contributed by atoms with Crippen molar-refractivity contribution >= 4 is 29.0 Å². The summed E-state index contributed by atoms with van der Waals surface area (Å²) in [5.41, 5.74) is 1.34. The van der Waals surface area contributed by atoms with E-state index in [-0.39, 0.29) is 23.4 Å². The maximum absolute atomic E-state index is 13.0. The van der Waals surface area contributed by atoms with Crippen molar-refractivity contribution in [2.75, 3.05) is 37.0 Å². The van der Waals surface area contributed by atoms with Crippen LogP contribution in [-0.4, -0.2) is 44.9 Å². The molecule has 1 N–H and O–H groups in total. The molecule has 4 fully saturated rings. The lowest BCUT2D eigenvalue weighted by molar-refractivity contribution is -0.151. The van der Waals surface area contributed by atoms with Gasteiger partial charge in [-0.05, 0) is 68.4 Å². The summed E-state index contributed by atoms with van der Waals surface area (Å²) in [6.07, 6.45) is 6.47. The molecule has 0 saturated heterocycles. The second-order valence-electron chi connectivity index (χ2n) is 10.4. The van der Waals surface area contributed by atoms with Gasteiger partial charge in [0.15, 0.2) is 6.61 Å². The first-order valence-corrected chi connectivity index (χ1v) is 12.0. The number of esters is 1. The minimum atomic E-state index is -0.676. The van der Waals surface area contributed by atoms with E-state index in [0.29, 0.717) is 23.6 Å². The Morgan fingerprint density at radius 2 is 1.56 bits per heavy atom. The van der Waals surface area contributed by atoms with Crippen LogP contribution in [0, 0.1) is 34.5 Å². The minimum Gasteiger partial charge on any atom is -0.456 e. The molecule has 1 heterocycles. The van der Waals surface area contributed by atoms with Crippen LogP contribution >= 0.6 is 0 Å². The number of carbonyl (C=O) groups excluding carboxylic acids is 3. The predicted molar refractivity (Wildman–Crippen MR) is 125 cm³/mol. The highest BCUT2D eigenvalue weighted by Crippen LogP contribution is 2.60. The van der Waals surface area contributed by atoms with Crippen LogP contribution in [0.1, 0.15) is 38.5 Å². The van der Waals surface area contributed by atoms with Crippen molar-refractivity contribution in [3.63, 3.8) is 0 Å². The topological polar surface area (TPSA) is 103 Å². The first kappa shape index (κ1) is 22.5. The van der Waals surface area contributed by atoms with E-state index in [0.717, 1.165) is 30.6 Å². The molecule has 0 spiro atoms. The van der Waals surface area contributed by atoms with Gasteiger partial charge in [0.05, 0.1) is 11.4 Å². The van der Waals surface area contributed by atoms with Gasteiger partial charge in [-0.2, -0.15) is 5.26 Å². The predicted octanol–water partition coefficient (Wildman–Crippen LogP) is 2.75. The van der Waals surface area contributed by atoms with Gasteiger partial charge >= 0.3 is 5.97 Å². The van der Waals surface area contributed by atoms with Crippen LogP contribution in [0.2, 0.25) is 0 Å². The summed E-state index contributed by atoms with van der Waals surface area (Å²) >= 11 is 0. The van der Waals surface area contributed by atoms with Crippen LogP contribution in [0.15, 0.2) is 35.7 Å². The van der Waals surface area contributed by atoms with Gasteiger partial charge in [0, 0.05) is 19.5 Å². The van der Waals surface area contributed by atoms with Gasteiger partial charge < -0.3 is 19.9 Å². The number of anilines is 2. The average Bonchev–Trinajstić information content (AvgIpc) is 3.06. The number of ether oxygens (including phenoxy) is 1. The van der Waals surface area contributed by atoms with E-state index in [1.165, 1.54) is 19.3 Å². The number of nitrogens with one attached hydrogen (secondary N) is 1. The van der Waals surface area contributed by atoms with Crippen LogP contribution in [0.25, 0.3) is 0 Å². The van der Waals surface area contributed by atoms with Crippen LogP contribution < -0.4 is 15.1 Å². The van der Waals surface area contributed by atoms with Crippen molar-refractivity contribution in [3.05, 3.63) is 35.7 Å². The van der Waals surface area contributed by atoms with Crippen LogP contribution in [0.5, 0.6) is 0 Å². The van der Waals surface area contributed by atoms with Crippen LogP contribution in [-0.2, 0) is 19.1 Å². The second kappa shape index (κ2) is 8.46. The lowest BCUT2D eigenvalue weighted by Crippen LogP contribution is -2.54. The Bertz CT molecular complexity index is 1050. The van der Waals surface area contributed by atoms with Crippen molar-refractivity contribution < 1.29 is 19.1 Å². The first-order chi connectivity index (χ1) is 16.3. The Balaban J connectivity index is 1.17. The molecule has 0 radical (unpaired) electrons. The van der Waals surface area contributed by atoms with Gasteiger partial charge in [0.1, 0.15) is 24.0 Å². The van der Waals surface area contributed by atoms with Crippen LogP contribution in [0.3, 0.4) is 0 Å². The molecule has 0 unspecified atom stereocenters. The maximum Gasteiger partial charge on any atom is 0.325 e. The van der Waals surface area contributed by atoms with Crippen molar-refractivity contribution in [3.8, 4) is 6.07 Å². The Morgan fingerprint density at radius 1 is 1.03 bits per heavy atom. The van der Waals surface area contributed by atoms with Gasteiger partial charge in [-0.25, -0.2) is 0 Å².